The third kappa shape index (κ3) is 3.43. The molecule has 1 aliphatic rings. The molecule has 1 aliphatic carbocycles. The summed E-state index contributed by atoms with van der Waals surface area (Å²) in [5.41, 5.74) is 5.92. The van der Waals surface area contributed by atoms with Gasteiger partial charge in [0.1, 0.15) is 0 Å². The Balaban J connectivity index is 2.60. The molecule has 0 bridgehead atoms. The van der Waals surface area contributed by atoms with Crippen LogP contribution in [0.25, 0.3) is 0 Å². The molecule has 98 valence electrons. The fourth-order valence-electron chi connectivity index (χ4n) is 2.18. The van der Waals surface area contributed by atoms with E-state index < -0.39 is 0 Å². The number of hydrogen-bond donors (Lipinski definition) is 1. The Morgan fingerprint density at radius 3 is 2.35 bits per heavy atom. The average Bonchev–Trinajstić information content (AvgIpc) is 2.70. The van der Waals surface area contributed by atoms with E-state index in [1.807, 2.05) is 6.92 Å². The number of nitrogens with zero attached hydrogens (tertiary/aromatic N) is 2. The van der Waals surface area contributed by atoms with E-state index in [0.29, 0.717) is 6.54 Å². The molecule has 17 heavy (non-hydrogen) atoms. The predicted octanol–water partition coefficient (Wildman–Crippen LogP) is 0.0505. The highest BCUT2D eigenvalue weighted by Crippen LogP contribution is 2.25. The van der Waals surface area contributed by atoms with Gasteiger partial charge in [-0.3, -0.25) is 9.59 Å². The first kappa shape index (κ1) is 14.0. The molecule has 0 aromatic heterocycles. The number of rotatable bonds is 4. The molecule has 0 heterocycles. The highest BCUT2D eigenvalue weighted by Gasteiger charge is 2.33. The summed E-state index contributed by atoms with van der Waals surface area (Å²) in [5, 5.41) is 0. The second kappa shape index (κ2) is 6.00. The number of nitrogens with two attached hydrogens (primary N) is 1. The van der Waals surface area contributed by atoms with Crippen LogP contribution in [0.4, 0.5) is 0 Å². The van der Waals surface area contributed by atoms with Crippen molar-refractivity contribution >= 4 is 11.8 Å². The summed E-state index contributed by atoms with van der Waals surface area (Å²) in [4.78, 5) is 26.9. The molecule has 2 amide bonds. The lowest BCUT2D eigenvalue weighted by Crippen LogP contribution is -2.45. The van der Waals surface area contributed by atoms with Crippen LogP contribution in [0, 0.1) is 5.92 Å². The van der Waals surface area contributed by atoms with Crippen LogP contribution in [0.3, 0.4) is 0 Å². The first-order chi connectivity index (χ1) is 7.97. The van der Waals surface area contributed by atoms with Crippen LogP contribution < -0.4 is 5.73 Å². The third-order valence-electron chi connectivity index (χ3n) is 3.40. The second-order valence-electron chi connectivity index (χ2n) is 4.84. The Bertz CT molecular complexity index is 291. The summed E-state index contributed by atoms with van der Waals surface area (Å²) in [5.74, 6) is -0.107. The van der Waals surface area contributed by atoms with Gasteiger partial charge in [-0.25, -0.2) is 0 Å². The Morgan fingerprint density at radius 1 is 1.29 bits per heavy atom. The lowest BCUT2D eigenvalue weighted by molar-refractivity contribution is -0.141. The van der Waals surface area contributed by atoms with Crippen LogP contribution in [0.15, 0.2) is 0 Å². The molecule has 2 atom stereocenters. The second-order valence-corrected chi connectivity index (χ2v) is 4.84. The van der Waals surface area contributed by atoms with Gasteiger partial charge in [-0.05, 0) is 19.8 Å². The van der Waals surface area contributed by atoms with Crippen molar-refractivity contribution in [2.24, 2.45) is 11.7 Å². The number of likely N-dealkylation sites (N-methyl/N-ethyl adjacent to an activating group) is 2. The van der Waals surface area contributed by atoms with E-state index >= 15 is 0 Å². The predicted molar refractivity (Wildman–Crippen MR) is 66.3 cm³/mol. The van der Waals surface area contributed by atoms with Crippen molar-refractivity contribution in [3.05, 3.63) is 0 Å². The van der Waals surface area contributed by atoms with E-state index in [1.54, 1.807) is 19.0 Å². The van der Waals surface area contributed by atoms with Gasteiger partial charge in [0.05, 0.1) is 12.5 Å². The normalized spacial score (nSPS) is 23.5. The third-order valence-corrected chi connectivity index (χ3v) is 3.40. The minimum Gasteiger partial charge on any atom is -0.347 e. The number of carbonyl (C=O) groups excluding carboxylic acids is 2. The molecule has 2 unspecified atom stereocenters. The smallest absolute Gasteiger partial charge is 0.241 e. The molecule has 0 saturated heterocycles. The van der Waals surface area contributed by atoms with Crippen LogP contribution >= 0.6 is 0 Å². The summed E-state index contributed by atoms with van der Waals surface area (Å²) in [7, 11) is 3.39. The van der Waals surface area contributed by atoms with Gasteiger partial charge in [-0.2, -0.15) is 0 Å². The number of carbonyl (C=O) groups is 2. The lowest BCUT2D eigenvalue weighted by Gasteiger charge is -2.26. The summed E-state index contributed by atoms with van der Waals surface area (Å²) in [6.45, 7) is 2.61. The Labute approximate surface area is 103 Å². The van der Waals surface area contributed by atoms with Gasteiger partial charge in [-0.15, -0.1) is 0 Å². The van der Waals surface area contributed by atoms with Crippen molar-refractivity contribution < 1.29 is 9.59 Å². The average molecular weight is 241 g/mol. The molecule has 0 radical (unpaired) electrons. The van der Waals surface area contributed by atoms with E-state index in [0.717, 1.165) is 19.3 Å². The molecule has 1 saturated carbocycles. The van der Waals surface area contributed by atoms with E-state index in [9.17, 15) is 9.59 Å². The largest absolute Gasteiger partial charge is 0.347 e. The topological polar surface area (TPSA) is 66.6 Å². The van der Waals surface area contributed by atoms with Gasteiger partial charge in [0, 0.05) is 26.7 Å². The maximum atomic E-state index is 12.2. The minimum absolute atomic E-state index is 0.0349. The Hall–Kier alpha value is -1.10. The molecule has 1 fully saturated rings. The van der Waals surface area contributed by atoms with Crippen LogP contribution in [-0.2, 0) is 9.59 Å². The minimum atomic E-state index is -0.0927. The summed E-state index contributed by atoms with van der Waals surface area (Å²) < 4.78 is 0. The molecule has 5 heteroatoms. The van der Waals surface area contributed by atoms with Crippen molar-refractivity contribution in [3.63, 3.8) is 0 Å². The molecule has 1 rings (SSSR count). The van der Waals surface area contributed by atoms with Crippen molar-refractivity contribution in [1.82, 2.24) is 9.80 Å². The van der Waals surface area contributed by atoms with Gasteiger partial charge < -0.3 is 15.5 Å². The highest BCUT2D eigenvalue weighted by atomic mass is 16.2. The zero-order valence-corrected chi connectivity index (χ0v) is 11.0. The van der Waals surface area contributed by atoms with Gasteiger partial charge in [0.25, 0.3) is 0 Å². The molecular formula is C12H23N3O2. The van der Waals surface area contributed by atoms with Crippen molar-refractivity contribution in [3.8, 4) is 0 Å². The van der Waals surface area contributed by atoms with Crippen molar-refractivity contribution in [2.45, 2.75) is 32.2 Å². The van der Waals surface area contributed by atoms with Gasteiger partial charge in [0.15, 0.2) is 0 Å². The fourth-order valence-corrected chi connectivity index (χ4v) is 2.18. The molecule has 2 N–H and O–H groups in total. The maximum Gasteiger partial charge on any atom is 0.241 e. The number of amides is 2. The highest BCUT2D eigenvalue weighted by molar-refractivity contribution is 5.86. The van der Waals surface area contributed by atoms with Gasteiger partial charge >= 0.3 is 0 Å². The maximum absolute atomic E-state index is 12.2. The fraction of sp³-hybridized carbons (Fsp3) is 0.833. The van der Waals surface area contributed by atoms with E-state index in [2.05, 4.69) is 0 Å². The quantitative estimate of drug-likeness (QED) is 0.756. The van der Waals surface area contributed by atoms with Crippen LogP contribution in [-0.4, -0.2) is 54.8 Å². The summed E-state index contributed by atoms with van der Waals surface area (Å²) in [6, 6.07) is -0.0361. The lowest BCUT2D eigenvalue weighted by atomic mass is 10.0. The van der Waals surface area contributed by atoms with E-state index in [1.165, 1.54) is 4.90 Å². The molecule has 0 aromatic carbocycles. The first-order valence-electron chi connectivity index (χ1n) is 6.21. The van der Waals surface area contributed by atoms with Gasteiger partial charge in [0.2, 0.25) is 11.8 Å². The van der Waals surface area contributed by atoms with Crippen LogP contribution in [0.2, 0.25) is 0 Å². The zero-order chi connectivity index (χ0) is 13.0. The molecular weight excluding hydrogens is 218 g/mol. The molecule has 0 aromatic rings. The van der Waals surface area contributed by atoms with Crippen LogP contribution in [0.5, 0.6) is 0 Å². The summed E-state index contributed by atoms with van der Waals surface area (Å²) >= 11 is 0. The van der Waals surface area contributed by atoms with E-state index in [-0.39, 0.29) is 30.3 Å². The van der Waals surface area contributed by atoms with E-state index in [4.69, 9.17) is 5.73 Å². The van der Waals surface area contributed by atoms with Crippen molar-refractivity contribution in [1.29, 1.82) is 0 Å². The Morgan fingerprint density at radius 2 is 1.94 bits per heavy atom. The summed E-state index contributed by atoms with van der Waals surface area (Å²) in [6.07, 6.45) is 2.78. The monoisotopic (exact) mass is 241 g/mol. The first-order valence-corrected chi connectivity index (χ1v) is 6.21. The standard InChI is InChI=1S/C12H23N3O2/c1-4-15(8-11(16)14(2)3)12(17)9-6-5-7-10(9)13/h9-10H,4-8,13H2,1-3H3. The molecule has 5 nitrogen and oxygen atoms in total. The molecule has 0 spiro atoms. The Kier molecular flexibility index (Phi) is 4.93. The van der Waals surface area contributed by atoms with Crippen LogP contribution in [0.1, 0.15) is 26.2 Å². The van der Waals surface area contributed by atoms with Crippen molar-refractivity contribution in [2.75, 3.05) is 27.2 Å². The zero-order valence-electron chi connectivity index (χ0n) is 11.0. The molecule has 0 aliphatic heterocycles. The number of hydrogen-bond acceptors (Lipinski definition) is 3. The SMILES string of the molecule is CCN(CC(=O)N(C)C)C(=O)C1CCCC1N. The van der Waals surface area contributed by atoms with Gasteiger partial charge in [-0.1, -0.05) is 6.42 Å².